The first kappa shape index (κ1) is 16.7. The summed E-state index contributed by atoms with van der Waals surface area (Å²) in [5, 5.41) is 4.98. The summed E-state index contributed by atoms with van der Waals surface area (Å²) in [6, 6.07) is 2.29. The molecule has 1 aromatic heterocycles. The molecule has 0 saturated carbocycles. The summed E-state index contributed by atoms with van der Waals surface area (Å²) in [5.41, 5.74) is 0. The number of rotatable bonds is 7. The SMILES string of the molecule is CCC(CC)C(CNC(=O)c1sccc1Br)N(C)C. The Labute approximate surface area is 128 Å². The molecule has 0 aliphatic carbocycles. The number of amides is 1. The van der Waals surface area contributed by atoms with Gasteiger partial charge in [0.2, 0.25) is 0 Å². The monoisotopic (exact) mass is 346 g/mol. The van der Waals surface area contributed by atoms with Gasteiger partial charge in [0.1, 0.15) is 4.88 Å². The standard InChI is InChI=1S/C14H23BrN2OS/c1-5-10(6-2)12(17(3)4)9-16-14(18)13-11(15)7-8-19-13/h7-8,10,12H,5-6,9H2,1-4H3,(H,16,18). The second-order valence-electron chi connectivity index (χ2n) is 4.92. The van der Waals surface area contributed by atoms with Gasteiger partial charge in [0, 0.05) is 17.1 Å². The topological polar surface area (TPSA) is 32.3 Å². The van der Waals surface area contributed by atoms with Gasteiger partial charge in [0.25, 0.3) is 5.91 Å². The largest absolute Gasteiger partial charge is 0.350 e. The fraction of sp³-hybridized carbons (Fsp3) is 0.643. The van der Waals surface area contributed by atoms with Gasteiger partial charge in [-0.25, -0.2) is 0 Å². The Morgan fingerprint density at radius 2 is 2.05 bits per heavy atom. The van der Waals surface area contributed by atoms with Crippen molar-refractivity contribution in [2.45, 2.75) is 32.7 Å². The van der Waals surface area contributed by atoms with Crippen molar-refractivity contribution >= 4 is 33.2 Å². The molecule has 1 unspecified atom stereocenters. The van der Waals surface area contributed by atoms with Crippen LogP contribution in [0.15, 0.2) is 15.9 Å². The van der Waals surface area contributed by atoms with Gasteiger partial charge < -0.3 is 10.2 Å². The minimum absolute atomic E-state index is 0.0136. The minimum atomic E-state index is 0.0136. The summed E-state index contributed by atoms with van der Waals surface area (Å²) >= 11 is 4.86. The van der Waals surface area contributed by atoms with Crippen LogP contribution in [0.1, 0.15) is 36.4 Å². The molecule has 0 aliphatic heterocycles. The Kier molecular flexibility index (Phi) is 7.04. The summed E-state index contributed by atoms with van der Waals surface area (Å²) in [7, 11) is 4.16. The highest BCUT2D eigenvalue weighted by Gasteiger charge is 2.22. The van der Waals surface area contributed by atoms with E-state index in [2.05, 4.69) is 54.1 Å². The molecule has 1 heterocycles. The molecule has 108 valence electrons. The van der Waals surface area contributed by atoms with Crippen LogP contribution in [0, 0.1) is 5.92 Å². The number of hydrogen-bond donors (Lipinski definition) is 1. The van der Waals surface area contributed by atoms with Gasteiger partial charge in [0.05, 0.1) is 0 Å². The van der Waals surface area contributed by atoms with Crippen molar-refractivity contribution in [2.24, 2.45) is 5.92 Å². The van der Waals surface area contributed by atoms with Crippen molar-refractivity contribution in [2.75, 3.05) is 20.6 Å². The van der Waals surface area contributed by atoms with Crippen LogP contribution >= 0.6 is 27.3 Å². The zero-order valence-corrected chi connectivity index (χ0v) is 14.5. The van der Waals surface area contributed by atoms with E-state index < -0.39 is 0 Å². The molecule has 3 nitrogen and oxygen atoms in total. The van der Waals surface area contributed by atoms with E-state index >= 15 is 0 Å². The lowest BCUT2D eigenvalue weighted by Gasteiger charge is -2.31. The summed E-state index contributed by atoms with van der Waals surface area (Å²) < 4.78 is 0.874. The molecule has 1 amide bonds. The number of nitrogens with one attached hydrogen (secondary N) is 1. The fourth-order valence-electron chi connectivity index (χ4n) is 2.34. The fourth-order valence-corrected chi connectivity index (χ4v) is 3.80. The van der Waals surface area contributed by atoms with Crippen LogP contribution in [0.2, 0.25) is 0 Å². The summed E-state index contributed by atoms with van der Waals surface area (Å²) in [4.78, 5) is 15.1. The van der Waals surface area contributed by atoms with Gasteiger partial charge in [-0.05, 0) is 47.4 Å². The molecule has 1 atom stereocenters. The average Bonchev–Trinajstić information content (AvgIpc) is 2.80. The van der Waals surface area contributed by atoms with Gasteiger partial charge in [-0.3, -0.25) is 4.79 Å². The van der Waals surface area contributed by atoms with Crippen LogP contribution in [-0.2, 0) is 0 Å². The highest BCUT2D eigenvalue weighted by atomic mass is 79.9. The molecule has 1 aromatic rings. The number of carbonyl (C=O) groups is 1. The quantitative estimate of drug-likeness (QED) is 0.817. The number of nitrogens with zero attached hydrogens (tertiary/aromatic N) is 1. The highest BCUT2D eigenvalue weighted by Crippen LogP contribution is 2.22. The van der Waals surface area contributed by atoms with Gasteiger partial charge >= 0.3 is 0 Å². The van der Waals surface area contributed by atoms with E-state index in [0.29, 0.717) is 18.5 Å². The van der Waals surface area contributed by atoms with Crippen molar-refractivity contribution in [3.05, 3.63) is 20.8 Å². The smallest absolute Gasteiger partial charge is 0.262 e. The molecule has 0 radical (unpaired) electrons. The molecule has 0 aliphatic rings. The van der Waals surface area contributed by atoms with Crippen molar-refractivity contribution in [1.82, 2.24) is 10.2 Å². The third-order valence-corrected chi connectivity index (χ3v) is 5.39. The van der Waals surface area contributed by atoms with Gasteiger partial charge in [-0.2, -0.15) is 0 Å². The Bertz CT molecular complexity index is 402. The third kappa shape index (κ3) is 4.58. The number of halogens is 1. The maximum absolute atomic E-state index is 12.1. The molecule has 0 saturated heterocycles. The maximum Gasteiger partial charge on any atom is 0.262 e. The first-order chi connectivity index (χ1) is 9.01. The molecular formula is C14H23BrN2OS. The van der Waals surface area contributed by atoms with Crippen molar-refractivity contribution in [1.29, 1.82) is 0 Å². The lowest BCUT2D eigenvalue weighted by Crippen LogP contribution is -2.44. The van der Waals surface area contributed by atoms with E-state index in [-0.39, 0.29) is 5.91 Å². The van der Waals surface area contributed by atoms with E-state index in [1.807, 2.05) is 11.4 Å². The molecule has 0 fully saturated rings. The van der Waals surface area contributed by atoms with E-state index in [1.54, 1.807) is 0 Å². The van der Waals surface area contributed by atoms with Crippen LogP contribution < -0.4 is 5.32 Å². The van der Waals surface area contributed by atoms with Crippen LogP contribution in [0.3, 0.4) is 0 Å². The van der Waals surface area contributed by atoms with Crippen LogP contribution in [0.4, 0.5) is 0 Å². The van der Waals surface area contributed by atoms with E-state index in [4.69, 9.17) is 0 Å². The number of hydrogen-bond acceptors (Lipinski definition) is 3. The zero-order chi connectivity index (χ0) is 14.4. The molecule has 1 rings (SSSR count). The van der Waals surface area contributed by atoms with Gasteiger partial charge in [-0.15, -0.1) is 11.3 Å². The Morgan fingerprint density at radius 1 is 1.42 bits per heavy atom. The summed E-state index contributed by atoms with van der Waals surface area (Å²) in [5.74, 6) is 0.627. The Balaban J connectivity index is 2.62. The highest BCUT2D eigenvalue weighted by molar-refractivity contribution is 9.10. The molecule has 0 spiro atoms. The first-order valence-electron chi connectivity index (χ1n) is 6.68. The Morgan fingerprint density at radius 3 is 2.47 bits per heavy atom. The van der Waals surface area contributed by atoms with E-state index in [0.717, 1.165) is 22.2 Å². The molecule has 5 heteroatoms. The lowest BCUT2D eigenvalue weighted by atomic mass is 9.93. The Hall–Kier alpha value is -0.390. The predicted octanol–water partition coefficient (Wildman–Crippen LogP) is 3.61. The summed E-state index contributed by atoms with van der Waals surface area (Å²) in [6.45, 7) is 5.12. The molecule has 1 N–H and O–H groups in total. The van der Waals surface area contributed by atoms with Gasteiger partial charge in [-0.1, -0.05) is 26.7 Å². The minimum Gasteiger partial charge on any atom is -0.350 e. The van der Waals surface area contributed by atoms with Crippen molar-refractivity contribution < 1.29 is 4.79 Å². The van der Waals surface area contributed by atoms with E-state index in [1.165, 1.54) is 11.3 Å². The summed E-state index contributed by atoms with van der Waals surface area (Å²) in [6.07, 6.45) is 2.27. The normalized spacial score (nSPS) is 13.0. The number of thiophene rings is 1. The lowest BCUT2D eigenvalue weighted by molar-refractivity contribution is 0.0932. The van der Waals surface area contributed by atoms with Crippen LogP contribution in [-0.4, -0.2) is 37.5 Å². The van der Waals surface area contributed by atoms with E-state index in [9.17, 15) is 4.79 Å². The maximum atomic E-state index is 12.1. The second-order valence-corrected chi connectivity index (χ2v) is 6.69. The number of likely N-dealkylation sites (N-methyl/N-ethyl adjacent to an activating group) is 1. The van der Waals surface area contributed by atoms with Crippen LogP contribution in [0.25, 0.3) is 0 Å². The zero-order valence-electron chi connectivity index (χ0n) is 12.1. The first-order valence-corrected chi connectivity index (χ1v) is 8.36. The van der Waals surface area contributed by atoms with Crippen molar-refractivity contribution in [3.63, 3.8) is 0 Å². The van der Waals surface area contributed by atoms with Crippen molar-refractivity contribution in [3.8, 4) is 0 Å². The molecular weight excluding hydrogens is 324 g/mol. The van der Waals surface area contributed by atoms with Gasteiger partial charge in [0.15, 0.2) is 0 Å². The molecule has 0 bridgehead atoms. The second kappa shape index (κ2) is 8.02. The number of carbonyl (C=O) groups excluding carboxylic acids is 1. The predicted molar refractivity (Wildman–Crippen MR) is 85.9 cm³/mol. The third-order valence-electron chi connectivity index (χ3n) is 3.55. The average molecular weight is 347 g/mol. The van der Waals surface area contributed by atoms with Crippen LogP contribution in [0.5, 0.6) is 0 Å². The molecule has 0 aromatic carbocycles. The molecule has 19 heavy (non-hydrogen) atoms.